The molecule has 0 aliphatic carbocycles. The second-order valence-corrected chi connectivity index (χ2v) is 2.81. The first kappa shape index (κ1) is 9.57. The molecule has 0 amide bonds. The van der Waals surface area contributed by atoms with Crippen LogP contribution in [0, 0.1) is 5.82 Å². The topological polar surface area (TPSA) is 63.7 Å². The maximum atomic E-state index is 13.5. The van der Waals surface area contributed by atoms with Crippen LogP contribution in [0.2, 0.25) is 0 Å². The van der Waals surface area contributed by atoms with Gasteiger partial charge < -0.3 is 4.74 Å². The van der Waals surface area contributed by atoms with Crippen LogP contribution in [-0.4, -0.2) is 27.2 Å². The largest absolute Gasteiger partial charge is 0.494 e. The molecule has 0 saturated carbocycles. The number of nitrogens with zero attached hydrogens (tertiary/aromatic N) is 3. The predicted molar refractivity (Wildman–Crippen MR) is 50.7 cm³/mol. The first-order chi connectivity index (χ1) is 7.31. The van der Waals surface area contributed by atoms with Gasteiger partial charge in [0, 0.05) is 6.07 Å². The third-order valence-corrected chi connectivity index (χ3v) is 1.84. The van der Waals surface area contributed by atoms with Crippen molar-refractivity contribution in [2.45, 2.75) is 6.92 Å². The van der Waals surface area contributed by atoms with Gasteiger partial charge in [0.05, 0.1) is 12.2 Å². The van der Waals surface area contributed by atoms with E-state index >= 15 is 0 Å². The highest BCUT2D eigenvalue weighted by molar-refractivity contribution is 5.56. The van der Waals surface area contributed by atoms with E-state index < -0.39 is 5.82 Å². The molecule has 15 heavy (non-hydrogen) atoms. The number of hydrogen-bond donors (Lipinski definition) is 1. The lowest BCUT2D eigenvalue weighted by Crippen LogP contribution is -1.93. The number of rotatable bonds is 3. The van der Waals surface area contributed by atoms with Crippen LogP contribution in [0.5, 0.6) is 5.75 Å². The van der Waals surface area contributed by atoms with Gasteiger partial charge in [0.2, 0.25) is 5.82 Å². The van der Waals surface area contributed by atoms with Crippen LogP contribution in [0.4, 0.5) is 4.39 Å². The molecule has 0 fully saturated rings. The van der Waals surface area contributed by atoms with Crippen molar-refractivity contribution in [3.8, 4) is 17.1 Å². The molecule has 5 nitrogen and oxygen atoms in total. The monoisotopic (exact) mass is 208 g/mol. The van der Waals surface area contributed by atoms with Crippen LogP contribution >= 0.6 is 0 Å². The molecule has 6 heteroatoms. The summed E-state index contributed by atoms with van der Waals surface area (Å²) >= 11 is 0. The van der Waals surface area contributed by atoms with Crippen molar-refractivity contribution in [3.05, 3.63) is 24.0 Å². The second kappa shape index (κ2) is 4.04. The summed E-state index contributed by atoms with van der Waals surface area (Å²) in [5, 5.41) is 13.0. The van der Waals surface area contributed by atoms with Gasteiger partial charge in [-0.1, -0.05) is 0 Å². The lowest BCUT2D eigenvalue weighted by Gasteiger charge is -2.03. The molecule has 1 aromatic heterocycles. The Labute approximate surface area is 85.3 Å². The SMILES string of the molecule is CCOc1ccc(-c2nn[nH]n2)c(F)c1. The molecule has 0 unspecified atom stereocenters. The molecular weight excluding hydrogens is 199 g/mol. The van der Waals surface area contributed by atoms with Crippen molar-refractivity contribution >= 4 is 0 Å². The Kier molecular flexibility index (Phi) is 2.57. The number of aromatic nitrogens is 4. The van der Waals surface area contributed by atoms with Gasteiger partial charge in [0.15, 0.2) is 0 Å². The fourth-order valence-electron chi connectivity index (χ4n) is 1.21. The van der Waals surface area contributed by atoms with Crippen LogP contribution in [0.15, 0.2) is 18.2 Å². The van der Waals surface area contributed by atoms with Gasteiger partial charge in [-0.05, 0) is 24.3 Å². The smallest absolute Gasteiger partial charge is 0.207 e. The van der Waals surface area contributed by atoms with E-state index in [0.29, 0.717) is 17.9 Å². The number of halogens is 1. The number of aromatic amines is 1. The highest BCUT2D eigenvalue weighted by atomic mass is 19.1. The Hall–Kier alpha value is -1.98. The Morgan fingerprint density at radius 3 is 2.93 bits per heavy atom. The summed E-state index contributed by atoms with van der Waals surface area (Å²) in [6.07, 6.45) is 0. The molecule has 1 heterocycles. The first-order valence-electron chi connectivity index (χ1n) is 4.47. The number of nitrogens with one attached hydrogen (secondary N) is 1. The van der Waals surface area contributed by atoms with Gasteiger partial charge in [-0.2, -0.15) is 5.21 Å². The van der Waals surface area contributed by atoms with E-state index in [9.17, 15) is 4.39 Å². The van der Waals surface area contributed by atoms with E-state index in [0.717, 1.165) is 0 Å². The van der Waals surface area contributed by atoms with Crippen molar-refractivity contribution in [2.75, 3.05) is 6.61 Å². The molecule has 2 rings (SSSR count). The number of tetrazole rings is 1. The minimum atomic E-state index is -0.428. The Balaban J connectivity index is 2.35. The van der Waals surface area contributed by atoms with Crippen molar-refractivity contribution < 1.29 is 9.13 Å². The van der Waals surface area contributed by atoms with Crippen molar-refractivity contribution in [1.29, 1.82) is 0 Å². The van der Waals surface area contributed by atoms with Gasteiger partial charge in [0.25, 0.3) is 0 Å². The third-order valence-electron chi connectivity index (χ3n) is 1.84. The second-order valence-electron chi connectivity index (χ2n) is 2.81. The molecular formula is C9H9FN4O. The minimum Gasteiger partial charge on any atom is -0.494 e. The van der Waals surface area contributed by atoms with E-state index in [1.54, 1.807) is 12.1 Å². The van der Waals surface area contributed by atoms with E-state index in [2.05, 4.69) is 20.6 Å². The third kappa shape index (κ3) is 1.93. The molecule has 0 atom stereocenters. The van der Waals surface area contributed by atoms with E-state index in [1.807, 2.05) is 6.92 Å². The Bertz CT molecular complexity index is 443. The van der Waals surface area contributed by atoms with Gasteiger partial charge in [-0.15, -0.1) is 10.2 Å². The molecule has 0 aliphatic heterocycles. The van der Waals surface area contributed by atoms with E-state index in [-0.39, 0.29) is 5.82 Å². The van der Waals surface area contributed by atoms with Crippen molar-refractivity contribution in [2.24, 2.45) is 0 Å². The predicted octanol–water partition coefficient (Wildman–Crippen LogP) is 1.40. The zero-order valence-corrected chi connectivity index (χ0v) is 8.07. The quantitative estimate of drug-likeness (QED) is 0.828. The molecule has 0 aliphatic rings. The maximum Gasteiger partial charge on any atom is 0.207 e. The van der Waals surface area contributed by atoms with Crippen molar-refractivity contribution in [3.63, 3.8) is 0 Å². The number of H-pyrrole nitrogens is 1. The molecule has 0 bridgehead atoms. The summed E-state index contributed by atoms with van der Waals surface area (Å²) in [5.41, 5.74) is 0.298. The van der Waals surface area contributed by atoms with E-state index in [1.165, 1.54) is 6.07 Å². The fraction of sp³-hybridized carbons (Fsp3) is 0.222. The number of ether oxygens (including phenoxy) is 1. The molecule has 0 radical (unpaired) electrons. The van der Waals surface area contributed by atoms with Crippen LogP contribution < -0.4 is 4.74 Å². The molecule has 1 aromatic carbocycles. The standard InChI is InChI=1S/C9H9FN4O/c1-2-15-6-3-4-7(8(10)5-6)9-11-13-14-12-9/h3-5H,2H2,1H3,(H,11,12,13,14). The molecule has 78 valence electrons. The molecule has 2 aromatic rings. The highest BCUT2D eigenvalue weighted by Crippen LogP contribution is 2.22. The Morgan fingerprint density at radius 2 is 2.33 bits per heavy atom. The van der Waals surface area contributed by atoms with Crippen molar-refractivity contribution in [1.82, 2.24) is 20.6 Å². The Morgan fingerprint density at radius 1 is 1.47 bits per heavy atom. The molecule has 0 spiro atoms. The summed E-state index contributed by atoms with van der Waals surface area (Å²) < 4.78 is 18.7. The van der Waals surface area contributed by atoms with Gasteiger partial charge in [-0.3, -0.25) is 0 Å². The molecule has 0 saturated heterocycles. The average molecular weight is 208 g/mol. The fourth-order valence-corrected chi connectivity index (χ4v) is 1.21. The zero-order valence-electron chi connectivity index (χ0n) is 8.07. The summed E-state index contributed by atoms with van der Waals surface area (Å²) in [5.74, 6) is 0.292. The van der Waals surface area contributed by atoms with Gasteiger partial charge in [0.1, 0.15) is 11.6 Å². The van der Waals surface area contributed by atoms with Gasteiger partial charge >= 0.3 is 0 Å². The minimum absolute atomic E-state index is 0.232. The van der Waals surface area contributed by atoms with Crippen LogP contribution in [0.1, 0.15) is 6.92 Å². The number of benzene rings is 1. The lowest BCUT2D eigenvalue weighted by molar-refractivity contribution is 0.338. The summed E-state index contributed by atoms with van der Waals surface area (Å²) in [6.45, 7) is 2.34. The number of hydrogen-bond acceptors (Lipinski definition) is 4. The lowest BCUT2D eigenvalue weighted by atomic mass is 10.2. The first-order valence-corrected chi connectivity index (χ1v) is 4.47. The highest BCUT2D eigenvalue weighted by Gasteiger charge is 2.10. The molecule has 1 N–H and O–H groups in total. The summed E-state index contributed by atoms with van der Waals surface area (Å²) in [6, 6.07) is 4.53. The average Bonchev–Trinajstić information content (AvgIpc) is 2.71. The maximum absolute atomic E-state index is 13.5. The summed E-state index contributed by atoms with van der Waals surface area (Å²) in [4.78, 5) is 0. The van der Waals surface area contributed by atoms with Crippen LogP contribution in [0.3, 0.4) is 0 Å². The van der Waals surface area contributed by atoms with Crippen LogP contribution in [-0.2, 0) is 0 Å². The van der Waals surface area contributed by atoms with Gasteiger partial charge in [-0.25, -0.2) is 4.39 Å². The zero-order chi connectivity index (χ0) is 10.7. The van der Waals surface area contributed by atoms with Crippen LogP contribution in [0.25, 0.3) is 11.4 Å². The summed E-state index contributed by atoms with van der Waals surface area (Å²) in [7, 11) is 0. The van der Waals surface area contributed by atoms with E-state index in [4.69, 9.17) is 4.74 Å². The normalized spacial score (nSPS) is 10.3.